The number of nitrogens with one attached hydrogen (secondary N) is 1. The third-order valence-electron chi connectivity index (χ3n) is 2.27. The van der Waals surface area contributed by atoms with Crippen LogP contribution >= 0.6 is 15.9 Å². The standard InChI is InChI=1S/C12H17BrFNO3S/c1-9(2)18-7-3-6-15-19(16,17)10-4-5-11(13)12(14)8-10/h4-5,8-9,15H,3,6-7H2,1-2H3. The molecular weight excluding hydrogens is 337 g/mol. The molecule has 0 saturated carbocycles. The molecule has 0 spiro atoms. The van der Waals surface area contributed by atoms with E-state index in [9.17, 15) is 12.8 Å². The minimum Gasteiger partial charge on any atom is -0.379 e. The van der Waals surface area contributed by atoms with Crippen LogP contribution in [0.25, 0.3) is 0 Å². The number of rotatable bonds is 7. The van der Waals surface area contributed by atoms with Gasteiger partial charge in [0, 0.05) is 13.2 Å². The largest absolute Gasteiger partial charge is 0.379 e. The summed E-state index contributed by atoms with van der Waals surface area (Å²) in [4.78, 5) is -0.0852. The van der Waals surface area contributed by atoms with Gasteiger partial charge in [0.2, 0.25) is 10.0 Å². The van der Waals surface area contributed by atoms with E-state index in [0.717, 1.165) is 6.07 Å². The highest BCUT2D eigenvalue weighted by atomic mass is 79.9. The number of benzene rings is 1. The van der Waals surface area contributed by atoms with Crippen LogP contribution in [0.5, 0.6) is 0 Å². The van der Waals surface area contributed by atoms with Crippen molar-refractivity contribution in [3.8, 4) is 0 Å². The Hall–Kier alpha value is -0.500. The molecule has 0 amide bonds. The van der Waals surface area contributed by atoms with E-state index in [-0.39, 0.29) is 22.0 Å². The summed E-state index contributed by atoms with van der Waals surface area (Å²) in [6.45, 7) is 4.56. The first kappa shape index (κ1) is 16.6. The number of halogens is 2. The van der Waals surface area contributed by atoms with E-state index in [1.54, 1.807) is 0 Å². The third kappa shape index (κ3) is 5.56. The predicted octanol–water partition coefficient (Wildman–Crippen LogP) is 2.68. The molecule has 7 heteroatoms. The third-order valence-corrected chi connectivity index (χ3v) is 4.37. The molecule has 0 saturated heterocycles. The Labute approximate surface area is 121 Å². The molecule has 0 aromatic heterocycles. The zero-order valence-corrected chi connectivity index (χ0v) is 13.2. The Morgan fingerprint density at radius 2 is 2.11 bits per heavy atom. The van der Waals surface area contributed by atoms with Gasteiger partial charge >= 0.3 is 0 Å². The first-order valence-corrected chi connectivity index (χ1v) is 8.17. The highest BCUT2D eigenvalue weighted by Crippen LogP contribution is 2.19. The summed E-state index contributed by atoms with van der Waals surface area (Å²) in [6, 6.07) is 3.70. The van der Waals surface area contributed by atoms with E-state index >= 15 is 0 Å². The maximum absolute atomic E-state index is 13.3. The normalized spacial score (nSPS) is 12.1. The van der Waals surface area contributed by atoms with E-state index in [1.165, 1.54) is 12.1 Å². The molecule has 1 aromatic rings. The van der Waals surface area contributed by atoms with Crippen LogP contribution in [0.1, 0.15) is 20.3 Å². The van der Waals surface area contributed by atoms with Crippen LogP contribution < -0.4 is 4.72 Å². The number of hydrogen-bond donors (Lipinski definition) is 1. The average Bonchev–Trinajstić information content (AvgIpc) is 2.31. The van der Waals surface area contributed by atoms with Gasteiger partial charge in [0.05, 0.1) is 15.5 Å². The second-order valence-corrected chi connectivity index (χ2v) is 6.87. The van der Waals surface area contributed by atoms with Crippen LogP contribution in [-0.4, -0.2) is 27.7 Å². The van der Waals surface area contributed by atoms with Crippen molar-refractivity contribution in [3.63, 3.8) is 0 Å². The van der Waals surface area contributed by atoms with Crippen LogP contribution in [0, 0.1) is 5.82 Å². The molecule has 1 aromatic carbocycles. The molecule has 1 rings (SSSR count). The molecule has 0 aliphatic rings. The van der Waals surface area contributed by atoms with Gasteiger partial charge in [0.15, 0.2) is 0 Å². The summed E-state index contributed by atoms with van der Waals surface area (Å²) in [7, 11) is -3.67. The highest BCUT2D eigenvalue weighted by molar-refractivity contribution is 9.10. The van der Waals surface area contributed by atoms with Crippen molar-refractivity contribution in [1.82, 2.24) is 4.72 Å². The second-order valence-electron chi connectivity index (χ2n) is 4.25. The van der Waals surface area contributed by atoms with Crippen LogP contribution in [-0.2, 0) is 14.8 Å². The van der Waals surface area contributed by atoms with E-state index in [0.29, 0.717) is 13.0 Å². The van der Waals surface area contributed by atoms with Crippen molar-refractivity contribution in [3.05, 3.63) is 28.5 Å². The minimum atomic E-state index is -3.67. The molecule has 0 aliphatic heterocycles. The summed E-state index contributed by atoms with van der Waals surface area (Å²) in [5.41, 5.74) is 0. The fourth-order valence-electron chi connectivity index (χ4n) is 1.33. The van der Waals surface area contributed by atoms with Gasteiger partial charge in [-0.1, -0.05) is 0 Å². The van der Waals surface area contributed by atoms with Gasteiger partial charge in [-0.15, -0.1) is 0 Å². The summed E-state index contributed by atoms with van der Waals surface area (Å²) in [5.74, 6) is -0.606. The SMILES string of the molecule is CC(C)OCCCNS(=O)(=O)c1ccc(Br)c(F)c1. The van der Waals surface area contributed by atoms with E-state index < -0.39 is 15.8 Å². The molecule has 19 heavy (non-hydrogen) atoms. The molecular formula is C12H17BrFNO3S. The van der Waals surface area contributed by atoms with Gasteiger partial charge in [-0.2, -0.15) is 0 Å². The molecule has 0 atom stereocenters. The van der Waals surface area contributed by atoms with E-state index in [4.69, 9.17) is 4.74 Å². The quantitative estimate of drug-likeness (QED) is 0.766. The first-order chi connectivity index (χ1) is 8.83. The van der Waals surface area contributed by atoms with Crippen LogP contribution in [0.2, 0.25) is 0 Å². The van der Waals surface area contributed by atoms with E-state index in [2.05, 4.69) is 20.7 Å². The molecule has 0 fully saturated rings. The Bertz CT molecular complexity index is 520. The lowest BCUT2D eigenvalue weighted by molar-refractivity contribution is 0.0778. The monoisotopic (exact) mass is 353 g/mol. The van der Waals surface area contributed by atoms with Gasteiger partial charge < -0.3 is 4.74 Å². The lowest BCUT2D eigenvalue weighted by Gasteiger charge is -2.09. The fourth-order valence-corrected chi connectivity index (χ4v) is 2.66. The highest BCUT2D eigenvalue weighted by Gasteiger charge is 2.15. The molecule has 0 heterocycles. The Morgan fingerprint density at radius 1 is 1.42 bits per heavy atom. The molecule has 0 aliphatic carbocycles. The fraction of sp³-hybridized carbons (Fsp3) is 0.500. The first-order valence-electron chi connectivity index (χ1n) is 5.89. The van der Waals surface area contributed by atoms with Crippen LogP contribution in [0.4, 0.5) is 4.39 Å². The summed E-state index contributed by atoms with van der Waals surface area (Å²) in [6.07, 6.45) is 0.688. The Kier molecular flexibility index (Phi) is 6.38. The maximum atomic E-state index is 13.3. The van der Waals surface area contributed by atoms with Crippen LogP contribution in [0.3, 0.4) is 0 Å². The number of hydrogen-bond acceptors (Lipinski definition) is 3. The summed E-state index contributed by atoms with van der Waals surface area (Å²) in [5, 5.41) is 0. The lowest BCUT2D eigenvalue weighted by atomic mass is 10.3. The molecule has 1 N–H and O–H groups in total. The summed E-state index contributed by atoms with van der Waals surface area (Å²) >= 11 is 2.98. The molecule has 108 valence electrons. The van der Waals surface area contributed by atoms with Gasteiger partial charge in [0.25, 0.3) is 0 Å². The molecule has 0 bridgehead atoms. The predicted molar refractivity (Wildman–Crippen MR) is 75.0 cm³/mol. The molecule has 4 nitrogen and oxygen atoms in total. The number of ether oxygens (including phenoxy) is 1. The van der Waals surface area contributed by atoms with Crippen molar-refractivity contribution in [1.29, 1.82) is 0 Å². The Morgan fingerprint density at radius 3 is 2.68 bits per heavy atom. The van der Waals surface area contributed by atoms with Crippen molar-refractivity contribution in [2.24, 2.45) is 0 Å². The second kappa shape index (κ2) is 7.33. The van der Waals surface area contributed by atoms with Crippen molar-refractivity contribution < 1.29 is 17.5 Å². The maximum Gasteiger partial charge on any atom is 0.240 e. The van der Waals surface area contributed by atoms with Crippen LogP contribution in [0.15, 0.2) is 27.6 Å². The zero-order valence-electron chi connectivity index (χ0n) is 10.8. The lowest BCUT2D eigenvalue weighted by Crippen LogP contribution is -2.26. The minimum absolute atomic E-state index is 0.0852. The molecule has 0 radical (unpaired) electrons. The van der Waals surface area contributed by atoms with Crippen molar-refractivity contribution in [2.45, 2.75) is 31.3 Å². The zero-order chi connectivity index (χ0) is 14.5. The van der Waals surface area contributed by atoms with Gasteiger partial charge in [0.1, 0.15) is 5.82 Å². The smallest absolute Gasteiger partial charge is 0.240 e. The number of sulfonamides is 1. The summed E-state index contributed by atoms with van der Waals surface area (Å²) < 4.78 is 44.9. The van der Waals surface area contributed by atoms with Gasteiger partial charge in [-0.25, -0.2) is 17.5 Å². The molecule has 0 unspecified atom stereocenters. The topological polar surface area (TPSA) is 55.4 Å². The van der Waals surface area contributed by atoms with Gasteiger partial charge in [-0.05, 0) is 54.4 Å². The van der Waals surface area contributed by atoms with E-state index in [1.807, 2.05) is 13.8 Å². The average molecular weight is 354 g/mol. The van der Waals surface area contributed by atoms with Gasteiger partial charge in [-0.3, -0.25) is 0 Å². The van der Waals surface area contributed by atoms with Crippen molar-refractivity contribution >= 4 is 26.0 Å². The Balaban J connectivity index is 2.54. The van der Waals surface area contributed by atoms with Crippen molar-refractivity contribution in [2.75, 3.05) is 13.2 Å².